The van der Waals surface area contributed by atoms with E-state index in [1.54, 1.807) is 11.3 Å². The first-order chi connectivity index (χ1) is 14.8. The predicted octanol–water partition coefficient (Wildman–Crippen LogP) is 3.47. The minimum absolute atomic E-state index is 0.00526. The Hall–Kier alpha value is -2.55. The number of anilines is 2. The van der Waals surface area contributed by atoms with Crippen molar-refractivity contribution < 1.29 is 18.4 Å². The van der Waals surface area contributed by atoms with Gasteiger partial charge in [0.05, 0.1) is 5.69 Å². The summed E-state index contributed by atoms with van der Waals surface area (Å²) in [5, 5.41) is 3.58. The van der Waals surface area contributed by atoms with Gasteiger partial charge in [-0.1, -0.05) is 13.8 Å². The zero-order valence-electron chi connectivity index (χ0n) is 17.7. The number of nitrogens with zero attached hydrogens (tertiary/aromatic N) is 3. The van der Waals surface area contributed by atoms with E-state index in [1.165, 1.54) is 0 Å². The summed E-state index contributed by atoms with van der Waals surface area (Å²) < 4.78 is 26.8. The first-order valence-corrected chi connectivity index (χ1v) is 11.4. The summed E-state index contributed by atoms with van der Waals surface area (Å²) in [4.78, 5) is 34.8. The summed E-state index contributed by atoms with van der Waals surface area (Å²) in [5.74, 6) is -1.73. The van der Waals surface area contributed by atoms with E-state index in [1.807, 2.05) is 18.7 Å². The molecule has 1 saturated heterocycles. The minimum atomic E-state index is -0.719. The van der Waals surface area contributed by atoms with Crippen LogP contribution in [0.2, 0.25) is 0 Å². The van der Waals surface area contributed by atoms with Crippen LogP contribution in [0, 0.1) is 23.5 Å². The lowest BCUT2D eigenvalue weighted by Crippen LogP contribution is -2.49. The van der Waals surface area contributed by atoms with Crippen molar-refractivity contribution in [2.24, 2.45) is 11.8 Å². The number of hydrogen-bond donors (Lipinski definition) is 1. The number of carbonyl (C=O) groups excluding carboxylic acids is 2. The van der Waals surface area contributed by atoms with Gasteiger partial charge in [-0.2, -0.15) is 0 Å². The molecule has 2 aliphatic rings. The van der Waals surface area contributed by atoms with E-state index in [0.717, 1.165) is 47.0 Å². The smallest absolute Gasteiger partial charge is 0.227 e. The van der Waals surface area contributed by atoms with Crippen LogP contribution in [-0.2, 0) is 22.4 Å². The van der Waals surface area contributed by atoms with Gasteiger partial charge in [0.2, 0.25) is 11.8 Å². The minimum Gasteiger partial charge on any atom is -0.345 e. The van der Waals surface area contributed by atoms with E-state index in [0.29, 0.717) is 32.4 Å². The average molecular weight is 449 g/mol. The van der Waals surface area contributed by atoms with Crippen LogP contribution < -0.4 is 10.2 Å². The van der Waals surface area contributed by atoms with Gasteiger partial charge in [-0.25, -0.2) is 13.8 Å². The van der Waals surface area contributed by atoms with Gasteiger partial charge >= 0.3 is 0 Å². The monoisotopic (exact) mass is 448 g/mol. The fourth-order valence-corrected chi connectivity index (χ4v) is 5.31. The first kappa shape index (κ1) is 21.7. The lowest BCUT2D eigenvalue weighted by molar-refractivity contribution is -0.134. The van der Waals surface area contributed by atoms with Crippen LogP contribution in [0.5, 0.6) is 0 Å². The van der Waals surface area contributed by atoms with Crippen molar-refractivity contribution >= 4 is 34.0 Å². The van der Waals surface area contributed by atoms with E-state index >= 15 is 0 Å². The fraction of sp³-hybridized carbons (Fsp3) is 0.500. The Kier molecular flexibility index (Phi) is 6.22. The third kappa shape index (κ3) is 4.87. The summed E-state index contributed by atoms with van der Waals surface area (Å²) in [6.07, 6.45) is 1.92. The predicted molar refractivity (Wildman–Crippen MR) is 116 cm³/mol. The number of carbonyl (C=O) groups is 2. The van der Waals surface area contributed by atoms with E-state index in [-0.39, 0.29) is 29.3 Å². The molecule has 6 nitrogen and oxygen atoms in total. The molecule has 1 fully saturated rings. The lowest BCUT2D eigenvalue weighted by Gasteiger charge is -2.35. The Labute approximate surface area is 184 Å². The van der Waals surface area contributed by atoms with Gasteiger partial charge in [0.25, 0.3) is 0 Å². The molecule has 1 aliphatic carbocycles. The molecule has 0 spiro atoms. The molecule has 0 radical (unpaired) electrons. The molecule has 0 unspecified atom stereocenters. The lowest BCUT2D eigenvalue weighted by atomic mass is 9.90. The number of halogens is 2. The highest BCUT2D eigenvalue weighted by Crippen LogP contribution is 2.35. The van der Waals surface area contributed by atoms with Crippen LogP contribution in [0.15, 0.2) is 18.2 Å². The molecule has 1 aliphatic heterocycles. The molecule has 2 aromatic rings. The molecule has 1 aromatic heterocycles. The van der Waals surface area contributed by atoms with Gasteiger partial charge in [-0.05, 0) is 31.4 Å². The molecular formula is C22H26F2N4O2S. The number of piperazine rings is 1. The largest absolute Gasteiger partial charge is 0.345 e. The quantitative estimate of drug-likeness (QED) is 0.778. The van der Waals surface area contributed by atoms with E-state index in [4.69, 9.17) is 4.98 Å². The van der Waals surface area contributed by atoms with Crippen LogP contribution in [-0.4, -0.2) is 47.9 Å². The van der Waals surface area contributed by atoms with Crippen molar-refractivity contribution in [1.29, 1.82) is 0 Å². The molecule has 166 valence electrons. The normalized spacial score (nSPS) is 18.8. The number of fused-ring (bicyclic) bond motifs is 1. The van der Waals surface area contributed by atoms with Gasteiger partial charge < -0.3 is 15.1 Å². The molecule has 31 heavy (non-hydrogen) atoms. The fourth-order valence-electron chi connectivity index (χ4n) is 4.07. The van der Waals surface area contributed by atoms with Gasteiger partial charge in [0, 0.05) is 54.6 Å². The highest BCUT2D eigenvalue weighted by molar-refractivity contribution is 7.15. The highest BCUT2D eigenvalue weighted by Gasteiger charge is 2.30. The number of benzene rings is 1. The summed E-state index contributed by atoms with van der Waals surface area (Å²) in [5.41, 5.74) is 1.16. The number of aryl methyl sites for hydroxylation is 1. The van der Waals surface area contributed by atoms with Crippen LogP contribution in [0.3, 0.4) is 0 Å². The van der Waals surface area contributed by atoms with E-state index in [2.05, 4.69) is 10.2 Å². The first-order valence-electron chi connectivity index (χ1n) is 10.6. The third-order valence-electron chi connectivity index (χ3n) is 5.79. The second kappa shape index (κ2) is 8.90. The number of aromatic nitrogens is 1. The summed E-state index contributed by atoms with van der Waals surface area (Å²) in [7, 11) is 0. The van der Waals surface area contributed by atoms with Gasteiger partial charge in [0.1, 0.15) is 11.6 Å². The molecular weight excluding hydrogens is 422 g/mol. The van der Waals surface area contributed by atoms with Crippen molar-refractivity contribution in [1.82, 2.24) is 9.88 Å². The van der Waals surface area contributed by atoms with Crippen molar-refractivity contribution in [3.05, 3.63) is 40.4 Å². The summed E-state index contributed by atoms with van der Waals surface area (Å²) in [6, 6.07) is 3.01. The average Bonchev–Trinajstić information content (AvgIpc) is 3.16. The number of amides is 2. The summed E-state index contributed by atoms with van der Waals surface area (Å²) >= 11 is 1.60. The van der Waals surface area contributed by atoms with Gasteiger partial charge in [-0.15, -0.1) is 11.3 Å². The van der Waals surface area contributed by atoms with Crippen LogP contribution in [0.25, 0.3) is 0 Å². The van der Waals surface area contributed by atoms with Crippen molar-refractivity contribution in [2.45, 2.75) is 33.1 Å². The Morgan fingerprint density at radius 1 is 1.13 bits per heavy atom. The van der Waals surface area contributed by atoms with Crippen LogP contribution in [0.4, 0.5) is 19.6 Å². The topological polar surface area (TPSA) is 65.5 Å². The maximum atomic E-state index is 13.4. The molecule has 0 saturated carbocycles. The number of hydrogen-bond acceptors (Lipinski definition) is 5. The third-order valence-corrected chi connectivity index (χ3v) is 6.97. The Bertz CT molecular complexity index is 966. The molecule has 1 aromatic carbocycles. The standard InChI is InChI=1S/C22H26F2N4O2S/c1-13(2)21(30)27-5-7-28(8-6-27)22-26-18-4-3-14(9-19(18)31-22)20(29)25-17-11-15(23)10-16(24)12-17/h10-14H,3-9H2,1-2H3,(H,25,29)/t14-/m0/s1. The second-order valence-electron chi connectivity index (χ2n) is 8.42. The molecule has 2 amide bonds. The molecule has 0 bridgehead atoms. The van der Waals surface area contributed by atoms with Crippen molar-refractivity contribution in [3.63, 3.8) is 0 Å². The number of nitrogens with one attached hydrogen (secondary N) is 1. The van der Waals surface area contributed by atoms with E-state index in [9.17, 15) is 18.4 Å². The van der Waals surface area contributed by atoms with Crippen molar-refractivity contribution in [3.8, 4) is 0 Å². The number of rotatable bonds is 4. The zero-order chi connectivity index (χ0) is 22.1. The van der Waals surface area contributed by atoms with Gasteiger partial charge in [0.15, 0.2) is 5.13 Å². The summed E-state index contributed by atoms with van der Waals surface area (Å²) in [6.45, 7) is 6.72. The van der Waals surface area contributed by atoms with Gasteiger partial charge in [-0.3, -0.25) is 9.59 Å². The molecule has 1 N–H and O–H groups in total. The van der Waals surface area contributed by atoms with Crippen LogP contribution in [0.1, 0.15) is 30.8 Å². The second-order valence-corrected chi connectivity index (χ2v) is 9.48. The van der Waals surface area contributed by atoms with Crippen molar-refractivity contribution in [2.75, 3.05) is 36.4 Å². The maximum Gasteiger partial charge on any atom is 0.227 e. The SMILES string of the molecule is CC(C)C(=O)N1CCN(c2nc3c(s2)C[C@@H](C(=O)Nc2cc(F)cc(F)c2)CC3)CC1. The highest BCUT2D eigenvalue weighted by atomic mass is 32.1. The molecule has 2 heterocycles. The number of thiazole rings is 1. The zero-order valence-corrected chi connectivity index (χ0v) is 18.5. The Morgan fingerprint density at radius 2 is 1.81 bits per heavy atom. The Balaban J connectivity index is 1.37. The molecule has 1 atom stereocenters. The maximum absolute atomic E-state index is 13.4. The molecule has 9 heteroatoms. The van der Waals surface area contributed by atoms with E-state index < -0.39 is 11.6 Å². The Morgan fingerprint density at radius 3 is 2.45 bits per heavy atom. The molecule has 4 rings (SSSR count). The van der Waals surface area contributed by atoms with Crippen LogP contribution >= 0.6 is 11.3 Å².